The van der Waals surface area contributed by atoms with Gasteiger partial charge in [0.2, 0.25) is 0 Å². The largest absolute Gasteiger partial charge is 0.330 e. The Morgan fingerprint density at radius 2 is 1.94 bits per heavy atom. The zero-order valence-corrected chi connectivity index (χ0v) is 9.57. The standard InChI is InChI=1S/C14H15FN2/c15-14-6-2-1-5-13(14)11-7-8-12(17-10-11)4-3-9-16/h1-2,5-8,10H,3-4,9,16H2. The van der Waals surface area contributed by atoms with Crippen LogP contribution < -0.4 is 5.73 Å². The third kappa shape index (κ3) is 2.88. The van der Waals surface area contributed by atoms with Crippen molar-refractivity contribution in [2.75, 3.05) is 6.54 Å². The number of nitrogens with zero attached hydrogens (tertiary/aromatic N) is 1. The van der Waals surface area contributed by atoms with Crippen LogP contribution >= 0.6 is 0 Å². The van der Waals surface area contributed by atoms with Gasteiger partial charge in [0, 0.05) is 23.0 Å². The van der Waals surface area contributed by atoms with E-state index in [1.54, 1.807) is 18.3 Å². The lowest BCUT2D eigenvalue weighted by molar-refractivity contribution is 0.631. The molecule has 0 amide bonds. The Morgan fingerprint density at radius 3 is 2.59 bits per heavy atom. The maximum atomic E-state index is 13.5. The van der Waals surface area contributed by atoms with E-state index < -0.39 is 0 Å². The Balaban J connectivity index is 2.21. The molecule has 2 aromatic rings. The van der Waals surface area contributed by atoms with E-state index in [0.29, 0.717) is 12.1 Å². The summed E-state index contributed by atoms with van der Waals surface area (Å²) in [4.78, 5) is 4.31. The van der Waals surface area contributed by atoms with Crippen molar-refractivity contribution in [2.45, 2.75) is 12.8 Å². The van der Waals surface area contributed by atoms with E-state index in [-0.39, 0.29) is 5.82 Å². The Bertz CT molecular complexity index is 480. The fraction of sp³-hybridized carbons (Fsp3) is 0.214. The molecule has 0 atom stereocenters. The van der Waals surface area contributed by atoms with Crippen LogP contribution in [0.5, 0.6) is 0 Å². The van der Waals surface area contributed by atoms with Crippen LogP contribution in [0, 0.1) is 5.82 Å². The average Bonchev–Trinajstić information content (AvgIpc) is 2.38. The van der Waals surface area contributed by atoms with Gasteiger partial charge in [0.25, 0.3) is 0 Å². The lowest BCUT2D eigenvalue weighted by Gasteiger charge is -2.04. The molecular formula is C14H15FN2. The molecule has 0 aliphatic carbocycles. The highest BCUT2D eigenvalue weighted by molar-refractivity contribution is 5.62. The summed E-state index contributed by atoms with van der Waals surface area (Å²) in [5.74, 6) is -0.219. The maximum absolute atomic E-state index is 13.5. The molecule has 0 saturated carbocycles. The van der Waals surface area contributed by atoms with E-state index in [2.05, 4.69) is 4.98 Å². The Labute approximate surface area is 100 Å². The van der Waals surface area contributed by atoms with Crippen LogP contribution in [-0.2, 0) is 6.42 Å². The molecule has 88 valence electrons. The van der Waals surface area contributed by atoms with Gasteiger partial charge in [0.1, 0.15) is 5.82 Å². The van der Waals surface area contributed by atoms with E-state index in [4.69, 9.17) is 5.73 Å². The summed E-state index contributed by atoms with van der Waals surface area (Å²) in [6.07, 6.45) is 3.50. The average molecular weight is 230 g/mol. The summed E-state index contributed by atoms with van der Waals surface area (Å²) in [5.41, 5.74) is 7.83. The summed E-state index contributed by atoms with van der Waals surface area (Å²) in [7, 11) is 0. The number of rotatable bonds is 4. The predicted molar refractivity (Wildman–Crippen MR) is 67.0 cm³/mol. The van der Waals surface area contributed by atoms with Crippen molar-refractivity contribution in [3.63, 3.8) is 0 Å². The second-order valence-electron chi connectivity index (χ2n) is 3.91. The first-order chi connectivity index (χ1) is 8.31. The molecule has 1 aromatic carbocycles. The SMILES string of the molecule is NCCCc1ccc(-c2ccccc2F)cn1. The zero-order valence-electron chi connectivity index (χ0n) is 9.57. The number of halogens is 1. The quantitative estimate of drug-likeness (QED) is 0.877. The minimum absolute atomic E-state index is 0.219. The molecular weight excluding hydrogens is 215 g/mol. The van der Waals surface area contributed by atoms with Crippen molar-refractivity contribution in [1.29, 1.82) is 0 Å². The summed E-state index contributed by atoms with van der Waals surface area (Å²) >= 11 is 0. The van der Waals surface area contributed by atoms with Crippen molar-refractivity contribution >= 4 is 0 Å². The van der Waals surface area contributed by atoms with Gasteiger partial charge in [-0.15, -0.1) is 0 Å². The van der Waals surface area contributed by atoms with Crippen molar-refractivity contribution in [2.24, 2.45) is 5.73 Å². The summed E-state index contributed by atoms with van der Waals surface area (Å²) < 4.78 is 13.5. The molecule has 0 fully saturated rings. The first-order valence-electron chi connectivity index (χ1n) is 5.71. The van der Waals surface area contributed by atoms with Crippen molar-refractivity contribution in [1.82, 2.24) is 4.98 Å². The third-order valence-corrected chi connectivity index (χ3v) is 2.65. The van der Waals surface area contributed by atoms with Gasteiger partial charge in [0.15, 0.2) is 0 Å². The van der Waals surface area contributed by atoms with Gasteiger partial charge in [-0.25, -0.2) is 4.39 Å². The van der Waals surface area contributed by atoms with Crippen molar-refractivity contribution < 1.29 is 4.39 Å². The number of pyridine rings is 1. The lowest BCUT2D eigenvalue weighted by atomic mass is 10.1. The van der Waals surface area contributed by atoms with Gasteiger partial charge in [-0.2, -0.15) is 0 Å². The molecule has 0 bridgehead atoms. The van der Waals surface area contributed by atoms with E-state index >= 15 is 0 Å². The summed E-state index contributed by atoms with van der Waals surface area (Å²) in [5, 5.41) is 0. The van der Waals surface area contributed by atoms with Gasteiger partial charge in [-0.3, -0.25) is 4.98 Å². The van der Waals surface area contributed by atoms with Crippen molar-refractivity contribution in [3.8, 4) is 11.1 Å². The third-order valence-electron chi connectivity index (χ3n) is 2.65. The van der Waals surface area contributed by atoms with Crippen LogP contribution in [0.3, 0.4) is 0 Å². The summed E-state index contributed by atoms with van der Waals surface area (Å²) in [6, 6.07) is 10.5. The fourth-order valence-electron chi connectivity index (χ4n) is 1.71. The van der Waals surface area contributed by atoms with Gasteiger partial charge in [0.05, 0.1) is 0 Å². The number of aryl methyl sites for hydroxylation is 1. The highest BCUT2D eigenvalue weighted by atomic mass is 19.1. The molecule has 0 aliphatic rings. The molecule has 1 aromatic heterocycles. The van der Waals surface area contributed by atoms with Crippen molar-refractivity contribution in [3.05, 3.63) is 54.1 Å². The molecule has 0 spiro atoms. The zero-order chi connectivity index (χ0) is 12.1. The Kier molecular flexibility index (Phi) is 3.83. The van der Waals surface area contributed by atoms with Crippen LogP contribution in [0.1, 0.15) is 12.1 Å². The minimum Gasteiger partial charge on any atom is -0.330 e. The van der Waals surface area contributed by atoms with Gasteiger partial charge < -0.3 is 5.73 Å². The minimum atomic E-state index is -0.219. The molecule has 2 nitrogen and oxygen atoms in total. The number of nitrogens with two attached hydrogens (primary N) is 1. The lowest BCUT2D eigenvalue weighted by Crippen LogP contribution is -2.01. The van der Waals surface area contributed by atoms with Gasteiger partial charge in [-0.05, 0) is 31.5 Å². The second kappa shape index (κ2) is 5.55. The molecule has 17 heavy (non-hydrogen) atoms. The fourth-order valence-corrected chi connectivity index (χ4v) is 1.71. The molecule has 2 rings (SSSR count). The Hall–Kier alpha value is -1.74. The van der Waals surface area contributed by atoms with E-state index in [9.17, 15) is 4.39 Å². The normalized spacial score (nSPS) is 10.5. The van der Waals surface area contributed by atoms with Gasteiger partial charge >= 0.3 is 0 Å². The maximum Gasteiger partial charge on any atom is 0.131 e. The van der Waals surface area contributed by atoms with E-state index in [0.717, 1.165) is 24.1 Å². The first-order valence-corrected chi connectivity index (χ1v) is 5.71. The molecule has 0 unspecified atom stereocenters. The first kappa shape index (κ1) is 11.7. The number of hydrogen-bond donors (Lipinski definition) is 1. The molecule has 0 radical (unpaired) electrons. The predicted octanol–water partition coefficient (Wildman–Crippen LogP) is 2.78. The topological polar surface area (TPSA) is 38.9 Å². The van der Waals surface area contributed by atoms with Crippen LogP contribution in [-0.4, -0.2) is 11.5 Å². The van der Waals surface area contributed by atoms with Crippen LogP contribution in [0.25, 0.3) is 11.1 Å². The highest BCUT2D eigenvalue weighted by Crippen LogP contribution is 2.21. The molecule has 0 saturated heterocycles. The number of aromatic nitrogens is 1. The second-order valence-corrected chi connectivity index (χ2v) is 3.91. The Morgan fingerprint density at radius 1 is 1.12 bits per heavy atom. The van der Waals surface area contributed by atoms with Gasteiger partial charge in [-0.1, -0.05) is 24.3 Å². The molecule has 1 heterocycles. The molecule has 2 N–H and O–H groups in total. The smallest absolute Gasteiger partial charge is 0.131 e. The van der Waals surface area contributed by atoms with Crippen LogP contribution in [0.2, 0.25) is 0 Å². The van der Waals surface area contributed by atoms with E-state index in [1.807, 2.05) is 18.2 Å². The van der Waals surface area contributed by atoms with Crippen LogP contribution in [0.4, 0.5) is 4.39 Å². The highest BCUT2D eigenvalue weighted by Gasteiger charge is 2.04. The monoisotopic (exact) mass is 230 g/mol. The molecule has 3 heteroatoms. The van der Waals surface area contributed by atoms with E-state index in [1.165, 1.54) is 6.07 Å². The summed E-state index contributed by atoms with van der Waals surface area (Å²) in [6.45, 7) is 0.663. The van der Waals surface area contributed by atoms with Crippen LogP contribution in [0.15, 0.2) is 42.6 Å². The number of benzene rings is 1. The number of hydrogen-bond acceptors (Lipinski definition) is 2. The molecule has 0 aliphatic heterocycles.